The highest BCUT2D eigenvalue weighted by Gasteiger charge is 2.13. The number of rotatable bonds is 8. The van der Waals surface area contributed by atoms with Crippen molar-refractivity contribution in [2.45, 2.75) is 66.7 Å². The molecule has 0 bridgehead atoms. The van der Waals surface area contributed by atoms with Crippen LogP contribution in [-0.4, -0.2) is 0 Å². The van der Waals surface area contributed by atoms with Crippen LogP contribution in [0.1, 0.15) is 66.7 Å². The summed E-state index contributed by atoms with van der Waals surface area (Å²) < 4.78 is 0. The van der Waals surface area contributed by atoms with Crippen LogP contribution >= 0.6 is 0 Å². The molecule has 0 N–H and O–H groups in total. The molecule has 0 rings (SSSR count). The van der Waals surface area contributed by atoms with E-state index in [9.17, 15) is 0 Å². The molecule has 0 aromatic rings. The molecule has 15 heavy (non-hydrogen) atoms. The van der Waals surface area contributed by atoms with Crippen molar-refractivity contribution in [3.05, 3.63) is 12.2 Å². The smallest absolute Gasteiger partial charge is 0.0292 e. The Hall–Kier alpha value is -0.260. The Kier molecular flexibility index (Phi) is 7.82. The Balaban J connectivity index is 3.89. The van der Waals surface area contributed by atoms with Crippen LogP contribution in [-0.2, 0) is 0 Å². The average Bonchev–Trinajstić information content (AvgIpc) is 2.14. The lowest BCUT2D eigenvalue weighted by Crippen LogP contribution is -2.09. The van der Waals surface area contributed by atoms with Crippen molar-refractivity contribution >= 4 is 0 Å². The lowest BCUT2D eigenvalue weighted by atomic mass is 9.84. The molecule has 90 valence electrons. The zero-order chi connectivity index (χ0) is 11.8. The summed E-state index contributed by atoms with van der Waals surface area (Å²) in [6.45, 7) is 15.8. The highest BCUT2D eigenvalue weighted by Crippen LogP contribution is 2.26. The Morgan fingerprint density at radius 3 is 2.07 bits per heavy atom. The predicted octanol–water partition coefficient (Wildman–Crippen LogP) is 5.44. The summed E-state index contributed by atoms with van der Waals surface area (Å²) in [6.07, 6.45) is 6.44. The van der Waals surface area contributed by atoms with Gasteiger partial charge in [0.2, 0.25) is 0 Å². The molecule has 0 nitrogen and oxygen atoms in total. The Morgan fingerprint density at radius 2 is 1.67 bits per heavy atom. The first-order valence-electron chi connectivity index (χ1n) is 6.64. The third kappa shape index (κ3) is 7.64. The molecule has 0 aromatic carbocycles. The molecule has 0 aliphatic rings. The van der Waals surface area contributed by atoms with Crippen molar-refractivity contribution in [1.82, 2.24) is 0 Å². The maximum absolute atomic E-state index is 4.23. The Labute approximate surface area is 97.2 Å². The molecule has 1 unspecified atom stereocenters. The molecule has 1 atom stereocenters. The lowest BCUT2D eigenvalue weighted by Gasteiger charge is -2.21. The average molecular weight is 210 g/mol. The van der Waals surface area contributed by atoms with Gasteiger partial charge in [0.05, 0.1) is 0 Å². The van der Waals surface area contributed by atoms with Crippen molar-refractivity contribution in [3.63, 3.8) is 0 Å². The monoisotopic (exact) mass is 210 g/mol. The zero-order valence-corrected chi connectivity index (χ0v) is 11.5. The molecule has 0 fully saturated rings. The molecule has 0 aliphatic heterocycles. The van der Waals surface area contributed by atoms with E-state index >= 15 is 0 Å². The van der Waals surface area contributed by atoms with E-state index in [4.69, 9.17) is 0 Å². The minimum Gasteiger partial charge on any atom is -0.0999 e. The van der Waals surface area contributed by atoms with E-state index in [2.05, 4.69) is 41.2 Å². The summed E-state index contributed by atoms with van der Waals surface area (Å²) in [4.78, 5) is 0. The lowest BCUT2D eigenvalue weighted by molar-refractivity contribution is 0.349. The van der Waals surface area contributed by atoms with Gasteiger partial charge < -0.3 is 0 Å². The van der Waals surface area contributed by atoms with Gasteiger partial charge in [-0.15, -0.1) is 0 Å². The maximum atomic E-state index is 4.23. The molecule has 0 heteroatoms. The van der Waals surface area contributed by atoms with Crippen molar-refractivity contribution in [3.8, 4) is 0 Å². The first-order valence-corrected chi connectivity index (χ1v) is 6.64. The fraction of sp³-hybridized carbons (Fsp3) is 0.867. The third-order valence-corrected chi connectivity index (χ3v) is 3.23. The van der Waals surface area contributed by atoms with E-state index in [-0.39, 0.29) is 0 Å². The molecular formula is C15H30. The van der Waals surface area contributed by atoms with Gasteiger partial charge in [0.15, 0.2) is 0 Å². The van der Waals surface area contributed by atoms with Gasteiger partial charge in [-0.2, -0.15) is 0 Å². The van der Waals surface area contributed by atoms with E-state index in [1.807, 2.05) is 0 Å². The first kappa shape index (κ1) is 14.7. The molecule has 0 saturated heterocycles. The second kappa shape index (κ2) is 7.96. The molecule has 0 heterocycles. The van der Waals surface area contributed by atoms with Crippen molar-refractivity contribution in [1.29, 1.82) is 0 Å². The van der Waals surface area contributed by atoms with Crippen LogP contribution in [0.5, 0.6) is 0 Å². The Bertz CT molecular complexity index is 165. The molecule has 0 aromatic heterocycles. The third-order valence-electron chi connectivity index (χ3n) is 3.23. The number of allylic oxidation sites excluding steroid dienone is 1. The summed E-state index contributed by atoms with van der Waals surface area (Å²) in [6, 6.07) is 0. The number of hydrogen-bond donors (Lipinski definition) is 0. The predicted molar refractivity (Wildman–Crippen MR) is 71.1 cm³/mol. The summed E-state index contributed by atoms with van der Waals surface area (Å²) in [5.41, 5.74) is 1.47. The minimum atomic E-state index is 0.806. The SMILES string of the molecule is C=C(CCC(C)C)CC(CCC)C(C)C. The van der Waals surface area contributed by atoms with Gasteiger partial charge in [-0.3, -0.25) is 0 Å². The molecule has 0 amide bonds. The van der Waals surface area contributed by atoms with Crippen LogP contribution < -0.4 is 0 Å². The quantitative estimate of drug-likeness (QED) is 0.468. The fourth-order valence-electron chi connectivity index (χ4n) is 2.01. The largest absolute Gasteiger partial charge is 0.0999 e. The van der Waals surface area contributed by atoms with E-state index in [0.29, 0.717) is 0 Å². The fourth-order valence-corrected chi connectivity index (χ4v) is 2.01. The molecule has 0 saturated carbocycles. The second-order valence-corrected chi connectivity index (χ2v) is 5.68. The van der Waals surface area contributed by atoms with Crippen LogP contribution in [0, 0.1) is 17.8 Å². The second-order valence-electron chi connectivity index (χ2n) is 5.68. The molecule has 0 aliphatic carbocycles. The van der Waals surface area contributed by atoms with Gasteiger partial charge >= 0.3 is 0 Å². The summed E-state index contributed by atoms with van der Waals surface area (Å²) in [5.74, 6) is 2.47. The Morgan fingerprint density at radius 1 is 1.07 bits per heavy atom. The van der Waals surface area contributed by atoms with Crippen LogP contribution in [0.4, 0.5) is 0 Å². The van der Waals surface area contributed by atoms with E-state index < -0.39 is 0 Å². The van der Waals surface area contributed by atoms with Gasteiger partial charge in [0.25, 0.3) is 0 Å². The normalized spacial score (nSPS) is 13.5. The van der Waals surface area contributed by atoms with Gasteiger partial charge in [0.1, 0.15) is 0 Å². The number of hydrogen-bond acceptors (Lipinski definition) is 0. The molecule has 0 radical (unpaired) electrons. The molecule has 0 spiro atoms. The van der Waals surface area contributed by atoms with Gasteiger partial charge in [-0.05, 0) is 37.0 Å². The topological polar surface area (TPSA) is 0 Å². The highest BCUT2D eigenvalue weighted by atomic mass is 14.2. The maximum Gasteiger partial charge on any atom is -0.0292 e. The van der Waals surface area contributed by atoms with Crippen molar-refractivity contribution in [2.75, 3.05) is 0 Å². The van der Waals surface area contributed by atoms with Crippen molar-refractivity contribution in [2.24, 2.45) is 17.8 Å². The van der Waals surface area contributed by atoms with Gasteiger partial charge in [-0.1, -0.05) is 59.6 Å². The van der Waals surface area contributed by atoms with Crippen LogP contribution in [0.2, 0.25) is 0 Å². The highest BCUT2D eigenvalue weighted by molar-refractivity contribution is 4.96. The van der Waals surface area contributed by atoms with Gasteiger partial charge in [-0.25, -0.2) is 0 Å². The molecular weight excluding hydrogens is 180 g/mol. The van der Waals surface area contributed by atoms with E-state index in [1.165, 1.54) is 37.7 Å². The van der Waals surface area contributed by atoms with Crippen LogP contribution in [0.15, 0.2) is 12.2 Å². The van der Waals surface area contributed by atoms with Crippen LogP contribution in [0.3, 0.4) is 0 Å². The van der Waals surface area contributed by atoms with Crippen LogP contribution in [0.25, 0.3) is 0 Å². The first-order chi connectivity index (χ1) is 6.97. The minimum absolute atomic E-state index is 0.806. The summed E-state index contributed by atoms with van der Waals surface area (Å²) in [5, 5.41) is 0. The summed E-state index contributed by atoms with van der Waals surface area (Å²) >= 11 is 0. The van der Waals surface area contributed by atoms with Crippen molar-refractivity contribution < 1.29 is 0 Å². The summed E-state index contributed by atoms with van der Waals surface area (Å²) in [7, 11) is 0. The van der Waals surface area contributed by atoms with E-state index in [0.717, 1.165) is 17.8 Å². The standard InChI is InChI=1S/C15H30/c1-7-8-15(13(4)5)11-14(6)10-9-12(2)3/h12-13,15H,6-11H2,1-5H3. The van der Waals surface area contributed by atoms with Gasteiger partial charge in [0, 0.05) is 0 Å². The zero-order valence-electron chi connectivity index (χ0n) is 11.5. The van der Waals surface area contributed by atoms with E-state index in [1.54, 1.807) is 0 Å².